The lowest BCUT2D eigenvalue weighted by Gasteiger charge is -2.33. The van der Waals surface area contributed by atoms with Gasteiger partial charge in [-0.25, -0.2) is 0 Å². The summed E-state index contributed by atoms with van der Waals surface area (Å²) < 4.78 is 0. The molecule has 4 aromatic rings. The van der Waals surface area contributed by atoms with Gasteiger partial charge in [-0.05, 0) is 89.8 Å². The summed E-state index contributed by atoms with van der Waals surface area (Å²) in [6, 6.07) is 30.8. The number of hydrogen-bond donors (Lipinski definition) is 0. The zero-order chi connectivity index (χ0) is 30.9. The Morgan fingerprint density at radius 2 is 0.864 bits per heavy atom. The van der Waals surface area contributed by atoms with Gasteiger partial charge in [0.15, 0.2) is 0 Å². The molecule has 0 unspecified atom stereocenters. The first-order valence-corrected chi connectivity index (χ1v) is 17.9. The van der Waals surface area contributed by atoms with E-state index in [9.17, 15) is 0 Å². The number of fused-ring (bicyclic) bond motifs is 3. The molecule has 0 heterocycles. The monoisotopic (exact) mass is 584 g/mol. The van der Waals surface area contributed by atoms with Gasteiger partial charge in [0, 0.05) is 5.41 Å². The van der Waals surface area contributed by atoms with Crippen molar-refractivity contribution >= 4 is 0 Å². The second kappa shape index (κ2) is 15.2. The number of aryl methyl sites for hydroxylation is 3. The zero-order valence-corrected chi connectivity index (χ0v) is 28.4. The SMILES string of the molecule is CCCCCCCCC1(CCCCCCCC)c2cc(C)ccc2-c2ccc(-c3ccc(-c4ccc(C)cc4)c(C)c3)cc21. The molecule has 1 aliphatic carbocycles. The molecule has 44 heavy (non-hydrogen) atoms. The first-order chi connectivity index (χ1) is 21.5. The normalized spacial score (nSPS) is 13.2. The number of rotatable bonds is 16. The maximum atomic E-state index is 2.60. The summed E-state index contributed by atoms with van der Waals surface area (Å²) in [6.07, 6.45) is 18.8. The highest BCUT2D eigenvalue weighted by atomic mass is 14.4. The number of hydrogen-bond acceptors (Lipinski definition) is 0. The van der Waals surface area contributed by atoms with Gasteiger partial charge >= 0.3 is 0 Å². The highest BCUT2D eigenvalue weighted by Gasteiger charge is 2.42. The standard InChI is InChI=1S/C44H56/c1-6-8-10-12-14-16-28-44(29-17-15-13-11-9-7-2)42-30-34(4)20-25-40(42)41-27-24-38(32-43(41)44)37-23-26-39(35(5)31-37)36-21-18-33(3)19-22-36/h18-27,30-32H,6-17,28-29H2,1-5H3. The maximum absolute atomic E-state index is 2.60. The van der Waals surface area contributed by atoms with E-state index in [1.165, 1.54) is 140 Å². The first kappa shape index (κ1) is 32.3. The molecule has 0 nitrogen and oxygen atoms in total. The van der Waals surface area contributed by atoms with Gasteiger partial charge in [-0.2, -0.15) is 0 Å². The van der Waals surface area contributed by atoms with Gasteiger partial charge in [-0.1, -0.05) is 175 Å². The van der Waals surface area contributed by atoms with E-state index in [0.717, 1.165) is 0 Å². The van der Waals surface area contributed by atoms with Crippen LogP contribution in [0.2, 0.25) is 0 Å². The summed E-state index contributed by atoms with van der Waals surface area (Å²) in [6.45, 7) is 11.4. The fraction of sp³-hybridized carbons (Fsp3) is 0.455. The maximum Gasteiger partial charge on any atom is 0.0215 e. The molecule has 0 saturated carbocycles. The summed E-state index contributed by atoms with van der Waals surface area (Å²) in [5, 5.41) is 0. The first-order valence-electron chi connectivity index (χ1n) is 17.9. The Bertz CT molecular complexity index is 1490. The average molecular weight is 585 g/mol. The minimum Gasteiger partial charge on any atom is -0.0654 e. The van der Waals surface area contributed by atoms with Crippen LogP contribution >= 0.6 is 0 Å². The molecule has 0 fully saturated rings. The lowest BCUT2D eigenvalue weighted by atomic mass is 9.70. The molecular formula is C44H56. The highest BCUT2D eigenvalue weighted by Crippen LogP contribution is 2.55. The molecule has 0 heteroatoms. The largest absolute Gasteiger partial charge is 0.0654 e. The Morgan fingerprint density at radius 3 is 1.45 bits per heavy atom. The molecule has 0 radical (unpaired) electrons. The van der Waals surface area contributed by atoms with Crippen molar-refractivity contribution in [3.63, 3.8) is 0 Å². The second-order valence-corrected chi connectivity index (χ2v) is 13.8. The fourth-order valence-corrected chi connectivity index (χ4v) is 7.77. The van der Waals surface area contributed by atoms with Gasteiger partial charge in [0.1, 0.15) is 0 Å². The van der Waals surface area contributed by atoms with Crippen LogP contribution in [0.5, 0.6) is 0 Å². The predicted molar refractivity (Wildman–Crippen MR) is 194 cm³/mol. The van der Waals surface area contributed by atoms with E-state index >= 15 is 0 Å². The van der Waals surface area contributed by atoms with Crippen LogP contribution in [0, 0.1) is 20.8 Å². The van der Waals surface area contributed by atoms with Crippen LogP contribution in [-0.2, 0) is 5.41 Å². The molecule has 0 N–H and O–H groups in total. The van der Waals surface area contributed by atoms with E-state index in [-0.39, 0.29) is 5.41 Å². The van der Waals surface area contributed by atoms with Gasteiger partial charge < -0.3 is 0 Å². The van der Waals surface area contributed by atoms with Crippen LogP contribution in [-0.4, -0.2) is 0 Å². The topological polar surface area (TPSA) is 0 Å². The Balaban J connectivity index is 1.50. The van der Waals surface area contributed by atoms with Crippen LogP contribution in [0.1, 0.15) is 132 Å². The van der Waals surface area contributed by atoms with E-state index in [0.29, 0.717) is 0 Å². The molecule has 232 valence electrons. The van der Waals surface area contributed by atoms with Gasteiger partial charge in [0.25, 0.3) is 0 Å². The Hall–Kier alpha value is -3.12. The Kier molecular flexibility index (Phi) is 11.2. The van der Waals surface area contributed by atoms with Crippen molar-refractivity contribution in [3.05, 3.63) is 107 Å². The molecule has 0 aliphatic heterocycles. The van der Waals surface area contributed by atoms with E-state index in [1.807, 2.05) is 0 Å². The molecule has 1 aliphatic rings. The van der Waals surface area contributed by atoms with Gasteiger partial charge in [0.2, 0.25) is 0 Å². The smallest absolute Gasteiger partial charge is 0.0215 e. The summed E-state index contributed by atoms with van der Waals surface area (Å²) in [5.41, 5.74) is 15.7. The summed E-state index contributed by atoms with van der Waals surface area (Å²) in [4.78, 5) is 0. The van der Waals surface area contributed by atoms with Crippen molar-refractivity contribution in [2.75, 3.05) is 0 Å². The predicted octanol–water partition coefficient (Wildman–Crippen LogP) is 13.7. The summed E-state index contributed by atoms with van der Waals surface area (Å²) in [7, 11) is 0. The quantitative estimate of drug-likeness (QED) is 0.115. The molecule has 0 amide bonds. The Labute approximate surface area is 269 Å². The fourth-order valence-electron chi connectivity index (χ4n) is 7.77. The van der Waals surface area contributed by atoms with Crippen LogP contribution < -0.4 is 0 Å². The van der Waals surface area contributed by atoms with Gasteiger partial charge in [-0.3, -0.25) is 0 Å². The molecule has 0 aromatic heterocycles. The van der Waals surface area contributed by atoms with Crippen molar-refractivity contribution in [2.45, 2.75) is 130 Å². The van der Waals surface area contributed by atoms with Gasteiger partial charge in [0.05, 0.1) is 0 Å². The Morgan fingerprint density at radius 1 is 0.409 bits per heavy atom. The second-order valence-electron chi connectivity index (χ2n) is 13.8. The van der Waals surface area contributed by atoms with E-state index < -0.39 is 0 Å². The minimum absolute atomic E-state index is 0.124. The van der Waals surface area contributed by atoms with E-state index in [2.05, 4.69) is 113 Å². The number of unbranched alkanes of at least 4 members (excludes halogenated alkanes) is 10. The van der Waals surface area contributed by atoms with Crippen molar-refractivity contribution < 1.29 is 0 Å². The average Bonchev–Trinajstić information content (AvgIpc) is 3.29. The minimum atomic E-state index is 0.124. The zero-order valence-electron chi connectivity index (χ0n) is 28.4. The molecule has 0 spiro atoms. The summed E-state index contributed by atoms with van der Waals surface area (Å²) in [5.74, 6) is 0. The van der Waals surface area contributed by atoms with Crippen molar-refractivity contribution in [2.24, 2.45) is 0 Å². The van der Waals surface area contributed by atoms with E-state index in [4.69, 9.17) is 0 Å². The van der Waals surface area contributed by atoms with E-state index in [1.54, 1.807) is 11.1 Å². The third-order valence-corrected chi connectivity index (χ3v) is 10.4. The molecule has 0 atom stereocenters. The molecular weight excluding hydrogens is 528 g/mol. The van der Waals surface area contributed by atoms with Crippen LogP contribution in [0.15, 0.2) is 78.9 Å². The molecule has 0 saturated heterocycles. The summed E-state index contributed by atoms with van der Waals surface area (Å²) >= 11 is 0. The lowest BCUT2D eigenvalue weighted by molar-refractivity contribution is 0.398. The van der Waals surface area contributed by atoms with Gasteiger partial charge in [-0.15, -0.1) is 0 Å². The highest BCUT2D eigenvalue weighted by molar-refractivity contribution is 5.85. The van der Waals surface area contributed by atoms with Crippen LogP contribution in [0.25, 0.3) is 33.4 Å². The van der Waals surface area contributed by atoms with Crippen molar-refractivity contribution in [1.29, 1.82) is 0 Å². The van der Waals surface area contributed by atoms with Crippen molar-refractivity contribution in [3.8, 4) is 33.4 Å². The van der Waals surface area contributed by atoms with Crippen LogP contribution in [0.3, 0.4) is 0 Å². The third-order valence-electron chi connectivity index (χ3n) is 10.4. The molecule has 4 aromatic carbocycles. The lowest BCUT2D eigenvalue weighted by Crippen LogP contribution is -2.25. The third kappa shape index (κ3) is 7.22. The van der Waals surface area contributed by atoms with Crippen LogP contribution in [0.4, 0.5) is 0 Å². The molecule has 0 bridgehead atoms. The number of benzene rings is 4. The molecule has 5 rings (SSSR count). The van der Waals surface area contributed by atoms with Crippen molar-refractivity contribution in [1.82, 2.24) is 0 Å².